The van der Waals surface area contributed by atoms with E-state index in [1.54, 1.807) is 7.11 Å². The van der Waals surface area contributed by atoms with Crippen LogP contribution in [0.3, 0.4) is 0 Å². The normalized spacial score (nSPS) is 18.9. The SMILES string of the molecule is COc1ccc2c(c1)C(C1(c3ccccc3)CCC1)=NCC2. The van der Waals surface area contributed by atoms with Gasteiger partial charge in [0, 0.05) is 17.5 Å². The Morgan fingerprint density at radius 3 is 2.55 bits per heavy atom. The number of aliphatic imine (C=N–C) groups is 1. The minimum Gasteiger partial charge on any atom is -0.497 e. The van der Waals surface area contributed by atoms with Crippen LogP contribution in [0.2, 0.25) is 0 Å². The summed E-state index contributed by atoms with van der Waals surface area (Å²) in [7, 11) is 1.73. The molecule has 2 heteroatoms. The second-order valence-corrected chi connectivity index (χ2v) is 6.31. The summed E-state index contributed by atoms with van der Waals surface area (Å²) in [6, 6.07) is 17.4. The first kappa shape index (κ1) is 13.6. The molecule has 0 amide bonds. The lowest BCUT2D eigenvalue weighted by Crippen LogP contribution is -2.44. The first-order valence-electron chi connectivity index (χ1n) is 8.11. The molecular weight excluding hydrogens is 270 g/mol. The van der Waals surface area contributed by atoms with Gasteiger partial charge in [0.25, 0.3) is 0 Å². The van der Waals surface area contributed by atoms with Crippen molar-refractivity contribution in [2.75, 3.05) is 13.7 Å². The van der Waals surface area contributed by atoms with Crippen molar-refractivity contribution in [2.24, 2.45) is 4.99 Å². The van der Waals surface area contributed by atoms with Crippen LogP contribution >= 0.6 is 0 Å². The fourth-order valence-corrected chi connectivity index (χ4v) is 3.85. The molecule has 0 unspecified atom stereocenters. The fraction of sp³-hybridized carbons (Fsp3) is 0.350. The Bertz CT molecular complexity index is 714. The Labute approximate surface area is 131 Å². The molecule has 2 nitrogen and oxygen atoms in total. The zero-order chi connectivity index (χ0) is 15.0. The Kier molecular flexibility index (Phi) is 3.25. The number of nitrogens with zero attached hydrogens (tertiary/aromatic N) is 1. The molecule has 0 bridgehead atoms. The third kappa shape index (κ3) is 1.98. The van der Waals surface area contributed by atoms with Crippen molar-refractivity contribution in [1.29, 1.82) is 0 Å². The minimum absolute atomic E-state index is 0.114. The predicted octanol–water partition coefficient (Wildman–Crippen LogP) is 4.16. The molecule has 0 radical (unpaired) electrons. The molecule has 112 valence electrons. The van der Waals surface area contributed by atoms with Gasteiger partial charge in [0.1, 0.15) is 5.75 Å². The first-order chi connectivity index (χ1) is 10.8. The number of hydrogen-bond acceptors (Lipinski definition) is 2. The van der Waals surface area contributed by atoms with Crippen molar-refractivity contribution in [3.63, 3.8) is 0 Å². The Balaban J connectivity index is 1.84. The average Bonchev–Trinajstić information content (AvgIpc) is 2.55. The maximum Gasteiger partial charge on any atom is 0.119 e. The minimum atomic E-state index is 0.114. The second-order valence-electron chi connectivity index (χ2n) is 6.31. The van der Waals surface area contributed by atoms with Gasteiger partial charge < -0.3 is 4.74 Å². The molecule has 1 heterocycles. The first-order valence-corrected chi connectivity index (χ1v) is 8.11. The van der Waals surface area contributed by atoms with E-state index in [-0.39, 0.29) is 5.41 Å². The molecule has 1 aliphatic heterocycles. The molecular formula is C20H21NO. The number of fused-ring (bicyclic) bond motifs is 1. The molecule has 2 aromatic rings. The lowest BCUT2D eigenvalue weighted by Gasteiger charge is -2.45. The van der Waals surface area contributed by atoms with Crippen LogP contribution in [0, 0.1) is 0 Å². The van der Waals surface area contributed by atoms with Gasteiger partial charge >= 0.3 is 0 Å². The number of methoxy groups -OCH3 is 1. The molecule has 2 aliphatic rings. The van der Waals surface area contributed by atoms with E-state index < -0.39 is 0 Å². The highest BCUT2D eigenvalue weighted by Gasteiger charge is 2.44. The third-order valence-corrected chi connectivity index (χ3v) is 5.21. The summed E-state index contributed by atoms with van der Waals surface area (Å²) < 4.78 is 5.44. The fourth-order valence-electron chi connectivity index (χ4n) is 3.85. The number of rotatable bonds is 3. The molecule has 1 saturated carbocycles. The maximum atomic E-state index is 5.44. The standard InChI is InChI=1S/C20H21NO/c1-22-17-9-8-15-10-13-21-19(18(15)14-17)20(11-5-12-20)16-6-3-2-4-7-16/h2-4,6-9,14H,5,10-13H2,1H3. The summed E-state index contributed by atoms with van der Waals surface area (Å²) in [5.74, 6) is 0.927. The molecule has 0 saturated heterocycles. The van der Waals surface area contributed by atoms with Crippen LogP contribution in [0.4, 0.5) is 0 Å². The summed E-state index contributed by atoms with van der Waals surface area (Å²) in [4.78, 5) is 4.98. The van der Waals surface area contributed by atoms with Gasteiger partial charge in [-0.1, -0.05) is 42.8 Å². The zero-order valence-corrected chi connectivity index (χ0v) is 13.0. The summed E-state index contributed by atoms with van der Waals surface area (Å²) in [5.41, 5.74) is 5.52. The smallest absolute Gasteiger partial charge is 0.119 e. The summed E-state index contributed by atoms with van der Waals surface area (Å²) in [6.07, 6.45) is 4.72. The number of benzene rings is 2. The van der Waals surface area contributed by atoms with Crippen molar-refractivity contribution < 1.29 is 4.74 Å². The number of hydrogen-bond donors (Lipinski definition) is 0. The Hall–Kier alpha value is -2.09. The van der Waals surface area contributed by atoms with Gasteiger partial charge in [-0.15, -0.1) is 0 Å². The molecule has 1 aliphatic carbocycles. The monoisotopic (exact) mass is 291 g/mol. The molecule has 0 N–H and O–H groups in total. The van der Waals surface area contributed by atoms with Gasteiger partial charge in [-0.3, -0.25) is 4.99 Å². The van der Waals surface area contributed by atoms with Crippen LogP contribution in [0.1, 0.15) is 36.0 Å². The van der Waals surface area contributed by atoms with Gasteiger partial charge in [0.2, 0.25) is 0 Å². The van der Waals surface area contributed by atoms with Gasteiger partial charge in [0.05, 0.1) is 12.8 Å². The quantitative estimate of drug-likeness (QED) is 0.832. The Morgan fingerprint density at radius 2 is 1.86 bits per heavy atom. The highest BCUT2D eigenvalue weighted by molar-refractivity contribution is 6.10. The summed E-state index contributed by atoms with van der Waals surface area (Å²) in [6.45, 7) is 0.906. The van der Waals surface area contributed by atoms with E-state index >= 15 is 0 Å². The second kappa shape index (κ2) is 5.28. The third-order valence-electron chi connectivity index (χ3n) is 5.21. The molecule has 4 rings (SSSR count). The average molecular weight is 291 g/mol. The zero-order valence-electron chi connectivity index (χ0n) is 13.0. The van der Waals surface area contributed by atoms with Gasteiger partial charge in [-0.25, -0.2) is 0 Å². The van der Waals surface area contributed by atoms with E-state index in [2.05, 4.69) is 48.5 Å². The van der Waals surface area contributed by atoms with E-state index in [4.69, 9.17) is 9.73 Å². The summed E-state index contributed by atoms with van der Waals surface area (Å²) in [5, 5.41) is 0. The van der Waals surface area contributed by atoms with Crippen molar-refractivity contribution in [2.45, 2.75) is 31.1 Å². The maximum absolute atomic E-state index is 5.44. The molecule has 0 atom stereocenters. The molecule has 2 aromatic carbocycles. The highest BCUT2D eigenvalue weighted by Crippen LogP contribution is 2.47. The highest BCUT2D eigenvalue weighted by atomic mass is 16.5. The largest absolute Gasteiger partial charge is 0.497 e. The van der Waals surface area contributed by atoms with Crippen molar-refractivity contribution in [3.05, 3.63) is 65.2 Å². The van der Waals surface area contributed by atoms with Gasteiger partial charge in [-0.2, -0.15) is 0 Å². The summed E-state index contributed by atoms with van der Waals surface area (Å²) >= 11 is 0. The van der Waals surface area contributed by atoms with Gasteiger partial charge in [-0.05, 0) is 42.5 Å². The Morgan fingerprint density at radius 1 is 1.05 bits per heavy atom. The van der Waals surface area contributed by atoms with Crippen molar-refractivity contribution in [3.8, 4) is 5.75 Å². The lowest BCUT2D eigenvalue weighted by molar-refractivity contribution is 0.339. The van der Waals surface area contributed by atoms with Crippen molar-refractivity contribution >= 4 is 5.71 Å². The van der Waals surface area contributed by atoms with Crippen LogP contribution in [0.5, 0.6) is 5.75 Å². The molecule has 0 aromatic heterocycles. The lowest BCUT2D eigenvalue weighted by atomic mass is 9.59. The van der Waals surface area contributed by atoms with E-state index in [0.29, 0.717) is 0 Å². The van der Waals surface area contributed by atoms with E-state index in [0.717, 1.165) is 18.7 Å². The van der Waals surface area contributed by atoms with Crippen molar-refractivity contribution in [1.82, 2.24) is 0 Å². The predicted molar refractivity (Wildman–Crippen MR) is 90.1 cm³/mol. The molecule has 22 heavy (non-hydrogen) atoms. The van der Waals surface area contributed by atoms with E-state index in [1.165, 1.54) is 41.7 Å². The number of ether oxygens (including phenoxy) is 1. The van der Waals surface area contributed by atoms with Crippen LogP contribution in [0.25, 0.3) is 0 Å². The molecule has 0 spiro atoms. The van der Waals surface area contributed by atoms with E-state index in [9.17, 15) is 0 Å². The molecule has 1 fully saturated rings. The van der Waals surface area contributed by atoms with Crippen LogP contribution < -0.4 is 4.74 Å². The van der Waals surface area contributed by atoms with Crippen LogP contribution in [-0.2, 0) is 11.8 Å². The van der Waals surface area contributed by atoms with Crippen LogP contribution in [0.15, 0.2) is 53.5 Å². The van der Waals surface area contributed by atoms with E-state index in [1.807, 2.05) is 0 Å². The topological polar surface area (TPSA) is 21.6 Å². The van der Waals surface area contributed by atoms with Crippen LogP contribution in [-0.4, -0.2) is 19.4 Å². The van der Waals surface area contributed by atoms with Gasteiger partial charge in [0.15, 0.2) is 0 Å².